The van der Waals surface area contributed by atoms with Crippen molar-refractivity contribution in [2.45, 2.75) is 38.4 Å². The average molecular weight is 332 g/mol. The van der Waals surface area contributed by atoms with E-state index < -0.39 is 0 Å². The van der Waals surface area contributed by atoms with E-state index in [-0.39, 0.29) is 0 Å². The van der Waals surface area contributed by atoms with Crippen molar-refractivity contribution in [1.29, 1.82) is 0 Å². The van der Waals surface area contributed by atoms with Crippen LogP contribution in [0.4, 0.5) is 0 Å². The Hall–Kier alpha value is -0.320. The number of unbranched alkanes of at least 4 members (excludes halogenated alkanes) is 1. The molecule has 0 spiro atoms. The van der Waals surface area contributed by atoms with Gasteiger partial charge in [-0.2, -0.15) is 0 Å². The van der Waals surface area contributed by atoms with Gasteiger partial charge in [0.1, 0.15) is 0 Å². The summed E-state index contributed by atoms with van der Waals surface area (Å²) >= 11 is 11.9. The molecule has 0 bridgehead atoms. The summed E-state index contributed by atoms with van der Waals surface area (Å²) < 4.78 is 5.97. The number of nitrogens with zero attached hydrogens (tertiary/aromatic N) is 1. The number of piperidine rings is 1. The molecule has 1 aromatic carbocycles. The molecule has 21 heavy (non-hydrogen) atoms. The first-order valence-corrected chi connectivity index (χ1v) is 8.33. The Kier molecular flexibility index (Phi) is 7.27. The number of likely N-dealkylation sites (tertiary alicyclic amines) is 1. The number of hydrogen-bond acceptors (Lipinski definition) is 3. The number of aliphatic hydroxyl groups excluding tert-OH is 1. The van der Waals surface area contributed by atoms with Crippen LogP contribution in [0, 0.1) is 0 Å². The summed E-state index contributed by atoms with van der Waals surface area (Å²) in [6, 6.07) is 5.64. The van der Waals surface area contributed by atoms with Crippen LogP contribution in [0.2, 0.25) is 10.0 Å². The van der Waals surface area contributed by atoms with Gasteiger partial charge in [-0.1, -0.05) is 29.3 Å². The summed E-state index contributed by atoms with van der Waals surface area (Å²) in [4.78, 5) is 2.45. The Bertz CT molecular complexity index is 434. The van der Waals surface area contributed by atoms with Gasteiger partial charge in [-0.15, -0.1) is 0 Å². The number of halogens is 2. The van der Waals surface area contributed by atoms with Gasteiger partial charge >= 0.3 is 0 Å². The monoisotopic (exact) mass is 331 g/mol. The van der Waals surface area contributed by atoms with Gasteiger partial charge in [0, 0.05) is 19.7 Å². The molecular weight excluding hydrogens is 309 g/mol. The van der Waals surface area contributed by atoms with E-state index in [0.29, 0.717) is 29.4 Å². The van der Waals surface area contributed by atoms with Crippen molar-refractivity contribution in [1.82, 2.24) is 4.90 Å². The number of rotatable bonds is 7. The van der Waals surface area contributed by atoms with E-state index in [4.69, 9.17) is 33.0 Å². The smallest absolute Gasteiger partial charge is 0.0721 e. The van der Waals surface area contributed by atoms with E-state index >= 15 is 0 Å². The van der Waals surface area contributed by atoms with E-state index in [1.807, 2.05) is 18.2 Å². The lowest BCUT2D eigenvalue weighted by molar-refractivity contribution is -0.00279. The average Bonchev–Trinajstić information content (AvgIpc) is 2.50. The van der Waals surface area contributed by atoms with Gasteiger partial charge < -0.3 is 14.7 Å². The number of benzene rings is 1. The second-order valence-electron chi connectivity index (χ2n) is 5.53. The zero-order chi connectivity index (χ0) is 15.1. The highest BCUT2D eigenvalue weighted by Gasteiger charge is 2.19. The van der Waals surface area contributed by atoms with Gasteiger partial charge in [-0.05, 0) is 49.9 Å². The van der Waals surface area contributed by atoms with E-state index in [1.165, 1.54) is 0 Å². The molecule has 0 atom stereocenters. The molecule has 1 aliphatic heterocycles. The lowest BCUT2D eigenvalue weighted by atomic mass is 10.1. The molecule has 1 aromatic rings. The third-order valence-corrected chi connectivity index (χ3v) is 4.63. The van der Waals surface area contributed by atoms with Crippen molar-refractivity contribution in [2.75, 3.05) is 26.2 Å². The quantitative estimate of drug-likeness (QED) is 0.772. The Morgan fingerprint density at radius 2 is 1.90 bits per heavy atom. The molecule has 0 aliphatic carbocycles. The summed E-state index contributed by atoms with van der Waals surface area (Å²) in [5, 5.41) is 9.96. The lowest BCUT2D eigenvalue weighted by Crippen LogP contribution is -2.37. The molecular formula is C16H23Cl2NO2. The molecule has 2 rings (SSSR count). The predicted octanol–water partition coefficient (Wildman–Crippen LogP) is 3.75. The highest BCUT2D eigenvalue weighted by Crippen LogP contribution is 2.24. The molecule has 1 heterocycles. The van der Waals surface area contributed by atoms with Crippen LogP contribution < -0.4 is 0 Å². The Morgan fingerprint density at radius 1 is 1.14 bits per heavy atom. The minimum atomic E-state index is 0.295. The van der Waals surface area contributed by atoms with Gasteiger partial charge in [0.2, 0.25) is 0 Å². The third-order valence-electron chi connectivity index (χ3n) is 3.89. The second-order valence-corrected chi connectivity index (χ2v) is 6.35. The maximum absolute atomic E-state index is 8.80. The summed E-state index contributed by atoms with van der Waals surface area (Å²) in [5.41, 5.74) is 1.06. The maximum Gasteiger partial charge on any atom is 0.0721 e. The van der Waals surface area contributed by atoms with Crippen molar-refractivity contribution in [3.05, 3.63) is 33.8 Å². The second kappa shape index (κ2) is 8.96. The van der Waals surface area contributed by atoms with Crippen LogP contribution >= 0.6 is 23.2 Å². The van der Waals surface area contributed by atoms with Crippen LogP contribution in [0.15, 0.2) is 18.2 Å². The van der Waals surface area contributed by atoms with Crippen LogP contribution in [-0.4, -0.2) is 42.4 Å². The summed E-state index contributed by atoms with van der Waals surface area (Å²) in [6.07, 6.45) is 4.44. The van der Waals surface area contributed by atoms with Crippen LogP contribution in [0.25, 0.3) is 0 Å². The molecule has 0 radical (unpaired) electrons. The largest absolute Gasteiger partial charge is 0.396 e. The molecule has 1 saturated heterocycles. The Morgan fingerprint density at radius 3 is 2.57 bits per heavy atom. The standard InChI is InChI=1S/C16H23Cl2NO2/c17-15-4-3-13(11-16(15)18)12-21-14-5-8-19(9-6-14)7-1-2-10-20/h3-4,11,14,20H,1-2,5-10,12H2. The highest BCUT2D eigenvalue weighted by molar-refractivity contribution is 6.42. The molecule has 0 amide bonds. The van der Waals surface area contributed by atoms with Crippen LogP contribution in [-0.2, 0) is 11.3 Å². The summed E-state index contributed by atoms with van der Waals surface area (Å²) in [5.74, 6) is 0. The zero-order valence-electron chi connectivity index (χ0n) is 12.2. The van der Waals surface area contributed by atoms with Crippen molar-refractivity contribution >= 4 is 23.2 Å². The highest BCUT2D eigenvalue weighted by atomic mass is 35.5. The topological polar surface area (TPSA) is 32.7 Å². The summed E-state index contributed by atoms with van der Waals surface area (Å²) in [7, 11) is 0. The van der Waals surface area contributed by atoms with E-state index in [0.717, 1.165) is 50.9 Å². The molecule has 1 N–H and O–H groups in total. The van der Waals surface area contributed by atoms with E-state index in [9.17, 15) is 0 Å². The fourth-order valence-corrected chi connectivity index (χ4v) is 2.91. The fourth-order valence-electron chi connectivity index (χ4n) is 2.59. The van der Waals surface area contributed by atoms with Gasteiger partial charge in [0.05, 0.1) is 22.8 Å². The van der Waals surface area contributed by atoms with Crippen LogP contribution in [0.5, 0.6) is 0 Å². The molecule has 3 nitrogen and oxygen atoms in total. The molecule has 118 valence electrons. The molecule has 0 aromatic heterocycles. The number of hydrogen-bond donors (Lipinski definition) is 1. The molecule has 0 unspecified atom stereocenters. The van der Waals surface area contributed by atoms with Crippen molar-refractivity contribution < 1.29 is 9.84 Å². The third kappa shape index (κ3) is 5.76. The molecule has 1 fully saturated rings. The Labute approximate surface area is 136 Å². The SMILES string of the molecule is OCCCCN1CCC(OCc2ccc(Cl)c(Cl)c2)CC1. The zero-order valence-corrected chi connectivity index (χ0v) is 13.7. The first kappa shape index (κ1) is 17.0. The van der Waals surface area contributed by atoms with Crippen LogP contribution in [0.3, 0.4) is 0 Å². The van der Waals surface area contributed by atoms with Crippen molar-refractivity contribution in [3.8, 4) is 0 Å². The molecule has 1 aliphatic rings. The van der Waals surface area contributed by atoms with E-state index in [2.05, 4.69) is 4.90 Å². The summed E-state index contributed by atoms with van der Waals surface area (Å²) in [6.45, 7) is 4.13. The molecule has 0 saturated carbocycles. The lowest BCUT2D eigenvalue weighted by Gasteiger charge is -2.31. The minimum absolute atomic E-state index is 0.295. The maximum atomic E-state index is 8.80. The van der Waals surface area contributed by atoms with Crippen LogP contribution in [0.1, 0.15) is 31.2 Å². The van der Waals surface area contributed by atoms with Crippen molar-refractivity contribution in [3.63, 3.8) is 0 Å². The first-order chi connectivity index (χ1) is 10.2. The molecule has 5 heteroatoms. The number of ether oxygens (including phenoxy) is 1. The van der Waals surface area contributed by atoms with E-state index in [1.54, 1.807) is 0 Å². The normalized spacial score (nSPS) is 17.3. The van der Waals surface area contributed by atoms with Gasteiger partial charge in [0.25, 0.3) is 0 Å². The van der Waals surface area contributed by atoms with Gasteiger partial charge in [0.15, 0.2) is 0 Å². The predicted molar refractivity (Wildman–Crippen MR) is 87.0 cm³/mol. The van der Waals surface area contributed by atoms with Gasteiger partial charge in [-0.25, -0.2) is 0 Å². The minimum Gasteiger partial charge on any atom is -0.396 e. The fraction of sp³-hybridized carbons (Fsp3) is 0.625. The van der Waals surface area contributed by atoms with Crippen molar-refractivity contribution in [2.24, 2.45) is 0 Å². The first-order valence-electron chi connectivity index (χ1n) is 7.58. The number of aliphatic hydroxyl groups is 1. The van der Waals surface area contributed by atoms with Gasteiger partial charge in [-0.3, -0.25) is 0 Å². The Balaban J connectivity index is 1.67.